The molecule has 2 heterocycles. The number of fused-ring (bicyclic) bond motifs is 2. The van der Waals surface area contributed by atoms with Gasteiger partial charge in [-0.05, 0) is 50.7 Å². The summed E-state index contributed by atoms with van der Waals surface area (Å²) in [5.74, 6) is 1.88. The Morgan fingerprint density at radius 2 is 2.08 bits per heavy atom. The van der Waals surface area contributed by atoms with Crippen LogP contribution in [-0.2, 0) is 4.74 Å². The van der Waals surface area contributed by atoms with Crippen LogP contribution < -0.4 is 15.4 Å². The smallest absolute Gasteiger partial charge is 0.191 e. The van der Waals surface area contributed by atoms with E-state index in [2.05, 4.69) is 47.7 Å². The molecule has 2 aliphatic rings. The molecule has 0 aromatic heterocycles. The number of para-hydroxylation sites is 1. The third kappa shape index (κ3) is 4.01. The molecule has 2 N–H and O–H groups in total. The number of nitrogens with one attached hydrogen (secondary N) is 2. The van der Waals surface area contributed by atoms with Gasteiger partial charge < -0.3 is 20.1 Å². The first-order valence-electron chi connectivity index (χ1n) is 8.99. The predicted octanol–water partition coefficient (Wildman–Crippen LogP) is 2.56. The van der Waals surface area contributed by atoms with Gasteiger partial charge in [0, 0.05) is 13.6 Å². The van der Waals surface area contributed by atoms with Gasteiger partial charge in [0.25, 0.3) is 0 Å². The Morgan fingerprint density at radius 1 is 1.29 bits per heavy atom. The molecule has 1 aromatic carbocycles. The number of benzene rings is 1. The first-order chi connectivity index (χ1) is 11.7. The van der Waals surface area contributed by atoms with Crippen LogP contribution in [0.1, 0.15) is 36.8 Å². The van der Waals surface area contributed by atoms with Crippen LogP contribution in [0, 0.1) is 13.8 Å². The Balaban J connectivity index is 1.36. The molecule has 2 aliphatic heterocycles. The first kappa shape index (κ1) is 17.1. The molecular weight excluding hydrogens is 302 g/mol. The van der Waals surface area contributed by atoms with Gasteiger partial charge in [0.05, 0.1) is 24.9 Å². The average molecular weight is 331 g/mol. The third-order valence-electron chi connectivity index (χ3n) is 4.92. The maximum atomic E-state index is 5.94. The molecule has 2 saturated heterocycles. The van der Waals surface area contributed by atoms with E-state index in [9.17, 15) is 0 Å². The van der Waals surface area contributed by atoms with Crippen molar-refractivity contribution in [3.8, 4) is 5.75 Å². The molecule has 3 rings (SSSR count). The number of hydrogen-bond acceptors (Lipinski definition) is 3. The minimum atomic E-state index is 0.362. The van der Waals surface area contributed by atoms with E-state index in [1.165, 1.54) is 24.0 Å². The summed E-state index contributed by atoms with van der Waals surface area (Å²) in [5, 5.41) is 6.87. The molecule has 3 unspecified atom stereocenters. The highest BCUT2D eigenvalue weighted by Crippen LogP contribution is 2.34. The van der Waals surface area contributed by atoms with Crippen LogP contribution in [0.5, 0.6) is 5.75 Å². The SMILES string of the molecule is CN=C(NCCCOc1c(C)cccc1C)NC1CC2CCC1O2. The first-order valence-corrected chi connectivity index (χ1v) is 8.99. The van der Waals surface area contributed by atoms with Crippen LogP contribution in [0.3, 0.4) is 0 Å². The molecule has 2 bridgehead atoms. The molecule has 0 saturated carbocycles. The van der Waals surface area contributed by atoms with Crippen molar-refractivity contribution in [1.82, 2.24) is 10.6 Å². The van der Waals surface area contributed by atoms with Crippen molar-refractivity contribution in [2.45, 2.75) is 57.8 Å². The molecule has 0 radical (unpaired) electrons. The number of ether oxygens (including phenoxy) is 2. The van der Waals surface area contributed by atoms with Gasteiger partial charge in [0.15, 0.2) is 5.96 Å². The van der Waals surface area contributed by atoms with Crippen LogP contribution in [-0.4, -0.2) is 44.4 Å². The maximum absolute atomic E-state index is 5.94. The monoisotopic (exact) mass is 331 g/mol. The molecule has 1 aromatic rings. The summed E-state index contributed by atoms with van der Waals surface area (Å²) in [5.41, 5.74) is 2.38. The fraction of sp³-hybridized carbons (Fsp3) is 0.632. The lowest BCUT2D eigenvalue weighted by atomic mass is 9.96. The lowest BCUT2D eigenvalue weighted by molar-refractivity contribution is 0.0992. The summed E-state index contributed by atoms with van der Waals surface area (Å²) < 4.78 is 11.8. The van der Waals surface area contributed by atoms with Crippen LogP contribution in [0.15, 0.2) is 23.2 Å². The number of hydrogen-bond donors (Lipinski definition) is 2. The van der Waals surface area contributed by atoms with Crippen LogP contribution in [0.25, 0.3) is 0 Å². The van der Waals surface area contributed by atoms with E-state index in [1.54, 1.807) is 0 Å². The number of aliphatic imine (C=N–C) groups is 1. The fourth-order valence-corrected chi connectivity index (χ4v) is 3.64. The highest BCUT2D eigenvalue weighted by Gasteiger charge is 2.41. The van der Waals surface area contributed by atoms with Gasteiger partial charge in [-0.1, -0.05) is 18.2 Å². The standard InChI is InChI=1S/C19H29N3O2/c1-13-6-4-7-14(2)18(13)23-11-5-10-21-19(20-3)22-16-12-15-8-9-17(16)24-15/h4,6-7,15-17H,5,8-12H2,1-3H3,(H2,20,21,22). The van der Waals surface area contributed by atoms with Crippen LogP contribution >= 0.6 is 0 Å². The molecule has 132 valence electrons. The van der Waals surface area contributed by atoms with Crippen molar-refractivity contribution in [3.63, 3.8) is 0 Å². The quantitative estimate of drug-likeness (QED) is 0.478. The molecular formula is C19H29N3O2. The van der Waals surface area contributed by atoms with E-state index in [1.807, 2.05) is 7.05 Å². The van der Waals surface area contributed by atoms with Gasteiger partial charge in [-0.3, -0.25) is 4.99 Å². The Hall–Kier alpha value is -1.75. The van der Waals surface area contributed by atoms with Crippen LogP contribution in [0.2, 0.25) is 0 Å². The predicted molar refractivity (Wildman–Crippen MR) is 96.8 cm³/mol. The number of rotatable bonds is 6. The molecule has 2 fully saturated rings. The highest BCUT2D eigenvalue weighted by atomic mass is 16.5. The topological polar surface area (TPSA) is 54.9 Å². The summed E-state index contributed by atoms with van der Waals surface area (Å²) in [4.78, 5) is 4.32. The van der Waals surface area contributed by atoms with Gasteiger partial charge in [-0.2, -0.15) is 0 Å². The maximum Gasteiger partial charge on any atom is 0.191 e. The molecule has 0 aliphatic carbocycles. The molecule has 24 heavy (non-hydrogen) atoms. The minimum absolute atomic E-state index is 0.362. The lowest BCUT2D eigenvalue weighted by Gasteiger charge is -2.22. The lowest BCUT2D eigenvalue weighted by Crippen LogP contribution is -2.47. The second kappa shape index (κ2) is 7.88. The molecule has 5 nitrogen and oxygen atoms in total. The van der Waals surface area contributed by atoms with Crippen molar-refractivity contribution < 1.29 is 9.47 Å². The van der Waals surface area contributed by atoms with Crippen LogP contribution in [0.4, 0.5) is 0 Å². The largest absolute Gasteiger partial charge is 0.493 e. The van der Waals surface area contributed by atoms with E-state index in [4.69, 9.17) is 9.47 Å². The summed E-state index contributed by atoms with van der Waals surface area (Å²) in [6, 6.07) is 6.64. The highest BCUT2D eigenvalue weighted by molar-refractivity contribution is 5.80. The Morgan fingerprint density at radius 3 is 2.71 bits per heavy atom. The summed E-state index contributed by atoms with van der Waals surface area (Å²) >= 11 is 0. The van der Waals surface area contributed by atoms with E-state index in [0.717, 1.165) is 31.1 Å². The van der Waals surface area contributed by atoms with Crippen molar-refractivity contribution in [1.29, 1.82) is 0 Å². The van der Waals surface area contributed by atoms with E-state index in [-0.39, 0.29) is 0 Å². The van der Waals surface area contributed by atoms with Crippen molar-refractivity contribution >= 4 is 5.96 Å². The zero-order chi connectivity index (χ0) is 16.9. The normalized spacial score (nSPS) is 25.8. The summed E-state index contributed by atoms with van der Waals surface area (Å²) in [7, 11) is 1.82. The summed E-state index contributed by atoms with van der Waals surface area (Å²) in [6.45, 7) is 5.71. The van der Waals surface area contributed by atoms with Crippen molar-refractivity contribution in [2.75, 3.05) is 20.2 Å². The fourth-order valence-electron chi connectivity index (χ4n) is 3.64. The number of nitrogens with zero attached hydrogens (tertiary/aromatic N) is 1. The molecule has 0 amide bonds. The number of guanidine groups is 1. The zero-order valence-corrected chi connectivity index (χ0v) is 15.0. The second-order valence-electron chi connectivity index (χ2n) is 6.78. The third-order valence-corrected chi connectivity index (χ3v) is 4.92. The van der Waals surface area contributed by atoms with Gasteiger partial charge in [-0.25, -0.2) is 0 Å². The summed E-state index contributed by atoms with van der Waals surface area (Å²) in [6.07, 6.45) is 5.23. The van der Waals surface area contributed by atoms with E-state index >= 15 is 0 Å². The Kier molecular flexibility index (Phi) is 5.61. The number of aryl methyl sites for hydroxylation is 2. The molecule has 5 heteroatoms. The zero-order valence-electron chi connectivity index (χ0n) is 15.0. The van der Waals surface area contributed by atoms with Gasteiger partial charge >= 0.3 is 0 Å². The second-order valence-corrected chi connectivity index (χ2v) is 6.78. The van der Waals surface area contributed by atoms with E-state index < -0.39 is 0 Å². The van der Waals surface area contributed by atoms with Crippen molar-refractivity contribution in [2.24, 2.45) is 4.99 Å². The molecule has 3 atom stereocenters. The van der Waals surface area contributed by atoms with Gasteiger partial charge in [0.2, 0.25) is 0 Å². The van der Waals surface area contributed by atoms with Gasteiger partial charge in [0.1, 0.15) is 5.75 Å². The average Bonchev–Trinajstić information content (AvgIpc) is 3.18. The Bertz CT molecular complexity index is 568. The Labute approximate surface area is 144 Å². The van der Waals surface area contributed by atoms with E-state index in [0.29, 0.717) is 24.9 Å². The molecule has 0 spiro atoms. The van der Waals surface area contributed by atoms with Gasteiger partial charge in [-0.15, -0.1) is 0 Å². The van der Waals surface area contributed by atoms with Crippen molar-refractivity contribution in [3.05, 3.63) is 29.3 Å². The minimum Gasteiger partial charge on any atom is -0.493 e.